The van der Waals surface area contributed by atoms with Crippen LogP contribution in [0.2, 0.25) is 4.34 Å². The van der Waals surface area contributed by atoms with Gasteiger partial charge in [0.15, 0.2) is 5.13 Å². The minimum Gasteiger partial charge on any atom is -0.467 e. The molecule has 126 valence electrons. The topological polar surface area (TPSA) is 46.3 Å². The van der Waals surface area contributed by atoms with E-state index in [-0.39, 0.29) is 12.3 Å². The van der Waals surface area contributed by atoms with Gasteiger partial charge in [-0.05, 0) is 36.4 Å². The van der Waals surface area contributed by atoms with E-state index in [1.807, 2.05) is 48.5 Å². The second-order valence-corrected chi connectivity index (χ2v) is 8.21. The van der Waals surface area contributed by atoms with Gasteiger partial charge in [0, 0.05) is 4.88 Å². The monoisotopic (exact) mass is 388 g/mol. The summed E-state index contributed by atoms with van der Waals surface area (Å²) in [5, 5.41) is 0.672. The summed E-state index contributed by atoms with van der Waals surface area (Å²) in [6.07, 6.45) is 1.89. The van der Waals surface area contributed by atoms with Crippen LogP contribution in [-0.2, 0) is 17.8 Å². The highest BCUT2D eigenvalue weighted by atomic mass is 35.5. The van der Waals surface area contributed by atoms with Crippen LogP contribution in [-0.4, -0.2) is 10.9 Å². The lowest BCUT2D eigenvalue weighted by atomic mass is 10.3. The Morgan fingerprint density at radius 3 is 2.72 bits per heavy atom. The molecule has 3 aromatic heterocycles. The van der Waals surface area contributed by atoms with Crippen molar-refractivity contribution in [3.05, 3.63) is 69.8 Å². The van der Waals surface area contributed by atoms with Gasteiger partial charge in [-0.3, -0.25) is 9.69 Å². The number of benzene rings is 1. The number of nitrogens with zero attached hydrogens (tertiary/aromatic N) is 2. The summed E-state index contributed by atoms with van der Waals surface area (Å²) in [5.74, 6) is 0.686. The molecule has 3 heterocycles. The number of hydrogen-bond acceptors (Lipinski definition) is 5. The van der Waals surface area contributed by atoms with E-state index in [4.69, 9.17) is 16.0 Å². The Bertz CT molecular complexity index is 974. The second kappa shape index (κ2) is 7.00. The van der Waals surface area contributed by atoms with Crippen molar-refractivity contribution in [1.29, 1.82) is 0 Å². The van der Waals surface area contributed by atoms with Crippen LogP contribution in [0.5, 0.6) is 0 Å². The van der Waals surface area contributed by atoms with E-state index < -0.39 is 0 Å². The first-order valence-electron chi connectivity index (χ1n) is 7.61. The van der Waals surface area contributed by atoms with Gasteiger partial charge in [-0.25, -0.2) is 4.98 Å². The molecule has 4 nitrogen and oxygen atoms in total. The van der Waals surface area contributed by atoms with Crippen molar-refractivity contribution in [1.82, 2.24) is 4.98 Å². The molecule has 0 aliphatic carbocycles. The highest BCUT2D eigenvalue weighted by Crippen LogP contribution is 2.31. The minimum absolute atomic E-state index is 0.0334. The van der Waals surface area contributed by atoms with Crippen molar-refractivity contribution in [3.8, 4) is 0 Å². The Morgan fingerprint density at radius 2 is 2.00 bits per heavy atom. The standard InChI is InChI=1S/C18H13ClN2O2S2/c19-16-8-7-13(24-16)10-17(22)21(11-12-4-3-9-23-12)18-20-14-5-1-2-6-15(14)25-18/h1-9H,10-11H2. The number of carbonyl (C=O) groups is 1. The zero-order chi connectivity index (χ0) is 17.2. The normalized spacial score (nSPS) is 11.1. The third-order valence-electron chi connectivity index (χ3n) is 3.66. The van der Waals surface area contributed by atoms with Gasteiger partial charge >= 0.3 is 0 Å². The highest BCUT2D eigenvalue weighted by Gasteiger charge is 2.22. The molecule has 0 saturated heterocycles. The molecule has 0 fully saturated rings. The number of hydrogen-bond donors (Lipinski definition) is 0. The summed E-state index contributed by atoms with van der Waals surface area (Å²) in [5.41, 5.74) is 0.888. The first kappa shape index (κ1) is 16.3. The highest BCUT2D eigenvalue weighted by molar-refractivity contribution is 7.22. The summed E-state index contributed by atoms with van der Waals surface area (Å²) in [7, 11) is 0. The predicted octanol–water partition coefficient (Wildman–Crippen LogP) is 5.38. The first-order valence-corrected chi connectivity index (χ1v) is 9.63. The molecule has 0 atom stereocenters. The Kier molecular flexibility index (Phi) is 4.57. The zero-order valence-corrected chi connectivity index (χ0v) is 15.4. The van der Waals surface area contributed by atoms with Gasteiger partial charge in [0.25, 0.3) is 0 Å². The second-order valence-electron chi connectivity index (χ2n) is 5.41. The number of anilines is 1. The molecular weight excluding hydrogens is 376 g/mol. The summed E-state index contributed by atoms with van der Waals surface area (Å²) >= 11 is 8.90. The van der Waals surface area contributed by atoms with Gasteiger partial charge in [-0.2, -0.15) is 0 Å². The number of amides is 1. The van der Waals surface area contributed by atoms with E-state index in [0.717, 1.165) is 20.9 Å². The molecule has 0 saturated carbocycles. The molecule has 7 heteroatoms. The van der Waals surface area contributed by atoms with Gasteiger partial charge in [-0.1, -0.05) is 35.1 Å². The van der Waals surface area contributed by atoms with Crippen LogP contribution in [0.4, 0.5) is 5.13 Å². The first-order chi connectivity index (χ1) is 12.2. The number of carbonyl (C=O) groups excluding carboxylic acids is 1. The molecule has 1 aromatic carbocycles. The average Bonchev–Trinajstić information content (AvgIpc) is 3.32. The maximum atomic E-state index is 12.9. The molecule has 0 unspecified atom stereocenters. The Morgan fingerprint density at radius 1 is 1.12 bits per heavy atom. The van der Waals surface area contributed by atoms with E-state index in [0.29, 0.717) is 16.0 Å². The number of aromatic nitrogens is 1. The summed E-state index contributed by atoms with van der Waals surface area (Å²) in [4.78, 5) is 20.2. The van der Waals surface area contributed by atoms with Crippen molar-refractivity contribution in [2.45, 2.75) is 13.0 Å². The molecule has 0 aliphatic rings. The summed E-state index contributed by atoms with van der Waals surface area (Å²) < 4.78 is 7.16. The molecule has 1 amide bonds. The molecule has 0 spiro atoms. The smallest absolute Gasteiger partial charge is 0.234 e. The van der Waals surface area contributed by atoms with E-state index >= 15 is 0 Å². The fraction of sp³-hybridized carbons (Fsp3) is 0.111. The van der Waals surface area contributed by atoms with E-state index in [2.05, 4.69) is 4.98 Å². The number of para-hydroxylation sites is 1. The van der Waals surface area contributed by atoms with E-state index in [1.165, 1.54) is 22.7 Å². The number of fused-ring (bicyclic) bond motifs is 1. The summed E-state index contributed by atoms with van der Waals surface area (Å²) in [6.45, 7) is 0.352. The quantitative estimate of drug-likeness (QED) is 0.461. The van der Waals surface area contributed by atoms with Gasteiger partial charge in [0.2, 0.25) is 5.91 Å². The largest absolute Gasteiger partial charge is 0.467 e. The average molecular weight is 389 g/mol. The third-order valence-corrected chi connectivity index (χ3v) is 5.95. The van der Waals surface area contributed by atoms with Crippen molar-refractivity contribution >= 4 is 55.5 Å². The number of thiophene rings is 1. The Labute approximate surface area is 157 Å². The van der Waals surface area contributed by atoms with E-state index in [9.17, 15) is 4.79 Å². The lowest BCUT2D eigenvalue weighted by Gasteiger charge is -2.18. The van der Waals surface area contributed by atoms with Crippen LogP contribution < -0.4 is 4.90 Å². The van der Waals surface area contributed by atoms with Crippen molar-refractivity contribution in [2.75, 3.05) is 4.90 Å². The van der Waals surface area contributed by atoms with Crippen LogP contribution >= 0.6 is 34.3 Å². The van der Waals surface area contributed by atoms with Gasteiger partial charge in [0.05, 0.1) is 33.8 Å². The number of thiazole rings is 1. The van der Waals surface area contributed by atoms with Crippen molar-refractivity contribution in [2.24, 2.45) is 0 Å². The van der Waals surface area contributed by atoms with Crippen LogP contribution in [0.3, 0.4) is 0 Å². The SMILES string of the molecule is O=C(Cc1ccc(Cl)s1)N(Cc1ccco1)c1nc2ccccc2s1. The fourth-order valence-corrected chi connectivity index (χ4v) is 4.55. The lowest BCUT2D eigenvalue weighted by molar-refractivity contribution is -0.118. The zero-order valence-electron chi connectivity index (χ0n) is 13.0. The fourth-order valence-electron chi connectivity index (χ4n) is 2.49. The Hall–Kier alpha value is -2.15. The van der Waals surface area contributed by atoms with Crippen LogP contribution in [0.25, 0.3) is 10.2 Å². The maximum Gasteiger partial charge on any atom is 0.234 e. The predicted molar refractivity (Wildman–Crippen MR) is 103 cm³/mol. The minimum atomic E-state index is -0.0334. The van der Waals surface area contributed by atoms with Crippen molar-refractivity contribution < 1.29 is 9.21 Å². The number of halogens is 1. The van der Waals surface area contributed by atoms with E-state index in [1.54, 1.807) is 11.2 Å². The summed E-state index contributed by atoms with van der Waals surface area (Å²) in [6, 6.07) is 15.2. The number of furan rings is 1. The lowest BCUT2D eigenvalue weighted by Crippen LogP contribution is -2.31. The molecule has 0 N–H and O–H groups in total. The van der Waals surface area contributed by atoms with Crippen LogP contribution in [0, 0.1) is 0 Å². The van der Waals surface area contributed by atoms with Crippen LogP contribution in [0.1, 0.15) is 10.6 Å². The van der Waals surface area contributed by atoms with Gasteiger partial charge in [-0.15, -0.1) is 11.3 Å². The third kappa shape index (κ3) is 3.61. The molecule has 4 aromatic rings. The van der Waals surface area contributed by atoms with Gasteiger partial charge in [0.1, 0.15) is 5.76 Å². The molecule has 25 heavy (non-hydrogen) atoms. The molecule has 0 aliphatic heterocycles. The molecule has 0 radical (unpaired) electrons. The number of rotatable bonds is 5. The van der Waals surface area contributed by atoms with Crippen LogP contribution in [0.15, 0.2) is 59.2 Å². The van der Waals surface area contributed by atoms with Crippen molar-refractivity contribution in [3.63, 3.8) is 0 Å². The molecular formula is C18H13ClN2O2S2. The molecule has 0 bridgehead atoms. The Balaban J connectivity index is 1.66. The van der Waals surface area contributed by atoms with Gasteiger partial charge < -0.3 is 4.42 Å². The molecule has 4 rings (SSSR count). The maximum absolute atomic E-state index is 12.9.